The van der Waals surface area contributed by atoms with E-state index in [4.69, 9.17) is 4.74 Å². The fourth-order valence-corrected chi connectivity index (χ4v) is 2.58. The number of nitrogens with one attached hydrogen (secondary N) is 1. The van der Waals surface area contributed by atoms with Crippen LogP contribution in [0, 0.1) is 6.92 Å². The molecule has 1 fully saturated rings. The second-order valence-electron chi connectivity index (χ2n) is 4.28. The molecule has 2 aromatic heterocycles. The van der Waals surface area contributed by atoms with Crippen molar-refractivity contribution in [2.75, 3.05) is 36.5 Å². The van der Waals surface area contributed by atoms with E-state index in [2.05, 4.69) is 25.2 Å². The third-order valence-electron chi connectivity index (χ3n) is 2.81. The number of hydrogen-bond acceptors (Lipinski definition) is 7. The maximum absolute atomic E-state index is 5.34. The highest BCUT2D eigenvalue weighted by Gasteiger charge is 2.13. The first-order chi connectivity index (χ1) is 9.31. The van der Waals surface area contributed by atoms with Gasteiger partial charge in [0.15, 0.2) is 10.9 Å². The van der Waals surface area contributed by atoms with Crippen molar-refractivity contribution < 1.29 is 4.74 Å². The molecule has 6 nitrogen and oxygen atoms in total. The van der Waals surface area contributed by atoms with E-state index in [1.165, 1.54) is 0 Å². The molecule has 0 amide bonds. The maximum atomic E-state index is 5.34. The van der Waals surface area contributed by atoms with Crippen LogP contribution in [0.4, 0.5) is 16.8 Å². The average molecular weight is 277 g/mol. The Morgan fingerprint density at radius 3 is 2.84 bits per heavy atom. The summed E-state index contributed by atoms with van der Waals surface area (Å²) in [5, 5.41) is 6.02. The highest BCUT2D eigenvalue weighted by molar-refractivity contribution is 7.13. The molecule has 7 heteroatoms. The number of anilines is 3. The van der Waals surface area contributed by atoms with Crippen LogP contribution in [0.5, 0.6) is 0 Å². The number of thiazole rings is 1. The minimum absolute atomic E-state index is 0.721. The molecule has 19 heavy (non-hydrogen) atoms. The van der Waals surface area contributed by atoms with Gasteiger partial charge in [-0.25, -0.2) is 9.97 Å². The summed E-state index contributed by atoms with van der Waals surface area (Å²) in [4.78, 5) is 15.3. The molecule has 0 saturated carbocycles. The molecule has 0 unspecified atom stereocenters. The lowest BCUT2D eigenvalue weighted by atomic mass is 10.4. The number of aromatic nitrogens is 3. The number of morpholine rings is 1. The fourth-order valence-electron chi connectivity index (χ4n) is 1.88. The smallest absolute Gasteiger partial charge is 0.188 e. The molecule has 0 aliphatic carbocycles. The molecule has 3 rings (SSSR count). The first kappa shape index (κ1) is 12.3. The molecular weight excluding hydrogens is 262 g/mol. The topological polar surface area (TPSA) is 63.2 Å². The molecule has 3 heterocycles. The Morgan fingerprint density at radius 1 is 1.26 bits per heavy atom. The fraction of sp³-hybridized carbons (Fsp3) is 0.417. The molecule has 0 aromatic carbocycles. The van der Waals surface area contributed by atoms with Crippen LogP contribution < -0.4 is 10.2 Å². The molecule has 1 aliphatic heterocycles. The van der Waals surface area contributed by atoms with Crippen LogP contribution in [0.25, 0.3) is 0 Å². The van der Waals surface area contributed by atoms with Crippen LogP contribution >= 0.6 is 11.3 Å². The van der Waals surface area contributed by atoms with Gasteiger partial charge in [-0.15, -0.1) is 11.3 Å². The zero-order valence-electron chi connectivity index (χ0n) is 10.7. The Kier molecular flexibility index (Phi) is 3.56. The van der Waals surface area contributed by atoms with Crippen molar-refractivity contribution in [3.63, 3.8) is 0 Å². The summed E-state index contributed by atoms with van der Waals surface area (Å²) in [5.74, 6) is 1.60. The van der Waals surface area contributed by atoms with Crippen LogP contribution in [0.2, 0.25) is 0 Å². The molecule has 1 N–H and O–H groups in total. The lowest BCUT2D eigenvalue weighted by Crippen LogP contribution is -2.36. The van der Waals surface area contributed by atoms with Crippen molar-refractivity contribution in [3.8, 4) is 0 Å². The van der Waals surface area contributed by atoms with Crippen LogP contribution in [0.15, 0.2) is 17.8 Å². The van der Waals surface area contributed by atoms with Gasteiger partial charge in [-0.2, -0.15) is 0 Å². The Labute approximate surface area is 115 Å². The molecule has 0 radical (unpaired) electrons. The van der Waals surface area contributed by atoms with Gasteiger partial charge in [0.1, 0.15) is 5.82 Å². The summed E-state index contributed by atoms with van der Waals surface area (Å²) in [6, 6.07) is 0. The lowest BCUT2D eigenvalue weighted by Gasteiger charge is -2.27. The van der Waals surface area contributed by atoms with E-state index >= 15 is 0 Å². The van der Waals surface area contributed by atoms with E-state index in [1.54, 1.807) is 23.7 Å². The van der Waals surface area contributed by atoms with Crippen LogP contribution in [0.1, 0.15) is 5.69 Å². The largest absolute Gasteiger partial charge is 0.378 e. The van der Waals surface area contributed by atoms with Gasteiger partial charge in [-0.1, -0.05) is 0 Å². The summed E-state index contributed by atoms with van der Waals surface area (Å²) in [5.41, 5.74) is 1.00. The van der Waals surface area contributed by atoms with Crippen molar-refractivity contribution in [2.24, 2.45) is 0 Å². The van der Waals surface area contributed by atoms with Crippen molar-refractivity contribution in [1.29, 1.82) is 0 Å². The summed E-state index contributed by atoms with van der Waals surface area (Å²) in [6.45, 7) is 5.16. The normalized spacial score (nSPS) is 15.5. The van der Waals surface area contributed by atoms with Crippen LogP contribution in [-0.4, -0.2) is 41.3 Å². The Morgan fingerprint density at radius 2 is 2.11 bits per heavy atom. The van der Waals surface area contributed by atoms with Gasteiger partial charge < -0.3 is 15.0 Å². The molecule has 2 aromatic rings. The lowest BCUT2D eigenvalue weighted by molar-refractivity contribution is 0.122. The van der Waals surface area contributed by atoms with E-state index in [0.29, 0.717) is 0 Å². The highest BCUT2D eigenvalue weighted by Crippen LogP contribution is 2.20. The Hall–Kier alpha value is -1.73. The Bertz CT molecular complexity index is 553. The minimum atomic E-state index is 0.721. The molecule has 1 aliphatic rings. The molecule has 1 saturated heterocycles. The molecule has 0 spiro atoms. The zero-order valence-corrected chi connectivity index (χ0v) is 11.5. The second kappa shape index (κ2) is 5.50. The van der Waals surface area contributed by atoms with E-state index < -0.39 is 0 Å². The number of nitrogens with zero attached hydrogens (tertiary/aromatic N) is 4. The number of aryl methyl sites for hydroxylation is 1. The Balaban J connectivity index is 1.75. The van der Waals surface area contributed by atoms with Gasteiger partial charge in [0.05, 0.1) is 31.3 Å². The van der Waals surface area contributed by atoms with Crippen LogP contribution in [0.3, 0.4) is 0 Å². The first-order valence-corrected chi connectivity index (χ1v) is 7.03. The summed E-state index contributed by atoms with van der Waals surface area (Å²) in [6.07, 6.45) is 3.49. The summed E-state index contributed by atoms with van der Waals surface area (Å²) in [7, 11) is 0. The van der Waals surface area contributed by atoms with Crippen molar-refractivity contribution in [3.05, 3.63) is 23.5 Å². The average Bonchev–Trinajstić information content (AvgIpc) is 2.85. The highest BCUT2D eigenvalue weighted by atomic mass is 32.1. The molecule has 0 bridgehead atoms. The SMILES string of the molecule is Cc1csc(Nc2cncc(N3CCOCC3)n2)n1. The van der Waals surface area contributed by atoms with Crippen molar-refractivity contribution in [1.82, 2.24) is 15.0 Å². The van der Waals surface area contributed by atoms with Crippen molar-refractivity contribution >= 4 is 28.1 Å². The van der Waals surface area contributed by atoms with Gasteiger partial charge in [0.25, 0.3) is 0 Å². The number of rotatable bonds is 3. The second-order valence-corrected chi connectivity index (χ2v) is 5.14. The van der Waals surface area contributed by atoms with E-state index in [-0.39, 0.29) is 0 Å². The van der Waals surface area contributed by atoms with Gasteiger partial charge in [-0.05, 0) is 6.92 Å². The third kappa shape index (κ3) is 2.99. The number of hydrogen-bond donors (Lipinski definition) is 1. The molecule has 100 valence electrons. The van der Waals surface area contributed by atoms with Crippen molar-refractivity contribution in [2.45, 2.75) is 6.92 Å². The van der Waals surface area contributed by atoms with Gasteiger partial charge in [-0.3, -0.25) is 4.98 Å². The van der Waals surface area contributed by atoms with Gasteiger partial charge in [0.2, 0.25) is 0 Å². The van der Waals surface area contributed by atoms with E-state index in [9.17, 15) is 0 Å². The van der Waals surface area contributed by atoms with Gasteiger partial charge in [0, 0.05) is 18.5 Å². The molecular formula is C12H15N5OS. The predicted molar refractivity (Wildman–Crippen MR) is 75.2 cm³/mol. The summed E-state index contributed by atoms with van der Waals surface area (Å²) < 4.78 is 5.34. The van der Waals surface area contributed by atoms with Crippen LogP contribution in [-0.2, 0) is 4.74 Å². The number of ether oxygens (including phenoxy) is 1. The van der Waals surface area contributed by atoms with E-state index in [1.807, 2.05) is 12.3 Å². The molecule has 0 atom stereocenters. The standard InChI is InChI=1S/C12H15N5OS/c1-9-8-19-12(14-9)16-10-6-13-7-11(15-10)17-2-4-18-5-3-17/h6-8H,2-5H2,1H3,(H,14,15,16). The predicted octanol–water partition coefficient (Wildman–Crippen LogP) is 1.82. The maximum Gasteiger partial charge on any atom is 0.188 e. The third-order valence-corrected chi connectivity index (χ3v) is 3.69. The van der Waals surface area contributed by atoms with E-state index in [0.717, 1.165) is 48.8 Å². The zero-order chi connectivity index (χ0) is 13.1. The quantitative estimate of drug-likeness (QED) is 0.923. The summed E-state index contributed by atoms with van der Waals surface area (Å²) >= 11 is 1.56. The first-order valence-electron chi connectivity index (χ1n) is 6.15. The monoisotopic (exact) mass is 277 g/mol. The van der Waals surface area contributed by atoms with Gasteiger partial charge >= 0.3 is 0 Å². The minimum Gasteiger partial charge on any atom is -0.378 e.